The molecular weight excluding hydrogens is 156 g/mol. The zero-order valence-corrected chi connectivity index (χ0v) is 7.02. The molecule has 0 amide bonds. The molecule has 1 aromatic rings. The van der Waals surface area contributed by atoms with E-state index in [0.717, 1.165) is 0 Å². The minimum atomic E-state index is 0.566. The number of nitrogens with zero attached hydrogens (tertiary/aromatic N) is 2. The van der Waals surface area contributed by atoms with Gasteiger partial charge in [-0.25, -0.2) is 4.98 Å². The van der Waals surface area contributed by atoms with Crippen molar-refractivity contribution >= 4 is 6.40 Å². The van der Waals surface area contributed by atoms with E-state index in [-0.39, 0.29) is 0 Å². The molecule has 4 heteroatoms. The van der Waals surface area contributed by atoms with Crippen LogP contribution in [-0.2, 0) is 0 Å². The molecule has 0 atom stereocenters. The SMILES string of the molecule is CN=COc1ccc(OC)nc1. The van der Waals surface area contributed by atoms with Gasteiger partial charge in [0, 0.05) is 13.1 Å². The third-order valence-corrected chi connectivity index (χ3v) is 1.21. The van der Waals surface area contributed by atoms with Gasteiger partial charge >= 0.3 is 0 Å². The Hall–Kier alpha value is -1.58. The van der Waals surface area contributed by atoms with Crippen molar-refractivity contribution in [2.75, 3.05) is 14.2 Å². The Bertz CT molecular complexity index is 256. The molecule has 0 saturated heterocycles. The van der Waals surface area contributed by atoms with Crippen molar-refractivity contribution in [2.24, 2.45) is 4.99 Å². The highest BCUT2D eigenvalue weighted by molar-refractivity contribution is 5.51. The van der Waals surface area contributed by atoms with Crippen LogP contribution in [0.25, 0.3) is 0 Å². The van der Waals surface area contributed by atoms with Crippen LogP contribution in [0, 0.1) is 0 Å². The van der Waals surface area contributed by atoms with Gasteiger partial charge in [0.25, 0.3) is 0 Å². The van der Waals surface area contributed by atoms with Gasteiger partial charge in [0.2, 0.25) is 5.88 Å². The Labute approximate surface area is 70.9 Å². The van der Waals surface area contributed by atoms with Gasteiger partial charge in [0.1, 0.15) is 5.75 Å². The van der Waals surface area contributed by atoms with Gasteiger partial charge in [-0.2, -0.15) is 0 Å². The van der Waals surface area contributed by atoms with Crippen molar-refractivity contribution in [3.63, 3.8) is 0 Å². The molecule has 0 unspecified atom stereocenters. The number of rotatable bonds is 3. The number of methoxy groups -OCH3 is 1. The molecule has 0 aliphatic heterocycles. The monoisotopic (exact) mass is 166 g/mol. The minimum Gasteiger partial charge on any atom is -0.481 e. The number of pyridine rings is 1. The van der Waals surface area contributed by atoms with E-state index in [0.29, 0.717) is 11.6 Å². The van der Waals surface area contributed by atoms with E-state index in [2.05, 4.69) is 9.98 Å². The lowest BCUT2D eigenvalue weighted by molar-refractivity contribution is 0.396. The van der Waals surface area contributed by atoms with Crippen molar-refractivity contribution in [3.05, 3.63) is 18.3 Å². The Kier molecular flexibility index (Phi) is 3.07. The molecular formula is C8H10N2O2. The predicted molar refractivity (Wildman–Crippen MR) is 45.8 cm³/mol. The van der Waals surface area contributed by atoms with Crippen LogP contribution in [0.5, 0.6) is 11.6 Å². The maximum absolute atomic E-state index is 5.04. The number of ether oxygens (including phenoxy) is 2. The summed E-state index contributed by atoms with van der Waals surface area (Å²) in [6, 6.07) is 3.48. The van der Waals surface area contributed by atoms with E-state index in [1.165, 1.54) is 6.40 Å². The predicted octanol–water partition coefficient (Wildman–Crippen LogP) is 1.13. The van der Waals surface area contributed by atoms with Gasteiger partial charge in [0.15, 0.2) is 6.40 Å². The summed E-state index contributed by atoms with van der Waals surface area (Å²) in [4.78, 5) is 7.61. The molecule has 1 rings (SSSR count). The van der Waals surface area contributed by atoms with Crippen LogP contribution in [0.2, 0.25) is 0 Å². The fourth-order valence-corrected chi connectivity index (χ4v) is 0.671. The van der Waals surface area contributed by atoms with Crippen LogP contribution in [0.3, 0.4) is 0 Å². The maximum atomic E-state index is 5.04. The average Bonchev–Trinajstić information content (AvgIpc) is 2.15. The molecule has 0 aromatic carbocycles. The third-order valence-electron chi connectivity index (χ3n) is 1.21. The molecule has 0 aliphatic rings. The summed E-state index contributed by atoms with van der Waals surface area (Å²) in [5.74, 6) is 1.21. The quantitative estimate of drug-likeness (QED) is 0.499. The number of hydrogen-bond acceptors (Lipinski definition) is 4. The normalized spacial score (nSPS) is 10.2. The zero-order chi connectivity index (χ0) is 8.81. The van der Waals surface area contributed by atoms with E-state index in [4.69, 9.17) is 9.47 Å². The molecule has 0 spiro atoms. The molecule has 0 N–H and O–H groups in total. The van der Waals surface area contributed by atoms with Gasteiger partial charge < -0.3 is 9.47 Å². The highest BCUT2D eigenvalue weighted by Gasteiger charge is 1.93. The summed E-state index contributed by atoms with van der Waals surface area (Å²) >= 11 is 0. The highest BCUT2D eigenvalue weighted by Crippen LogP contribution is 2.12. The second-order valence-electron chi connectivity index (χ2n) is 2.02. The van der Waals surface area contributed by atoms with E-state index >= 15 is 0 Å². The van der Waals surface area contributed by atoms with Crippen molar-refractivity contribution < 1.29 is 9.47 Å². The van der Waals surface area contributed by atoms with Crippen LogP contribution in [0.1, 0.15) is 0 Å². The van der Waals surface area contributed by atoms with Crippen molar-refractivity contribution in [1.29, 1.82) is 0 Å². The number of aromatic nitrogens is 1. The van der Waals surface area contributed by atoms with Gasteiger partial charge in [-0.15, -0.1) is 0 Å². The number of hydrogen-bond donors (Lipinski definition) is 0. The summed E-state index contributed by atoms with van der Waals surface area (Å²) in [7, 11) is 3.20. The molecule has 12 heavy (non-hydrogen) atoms. The van der Waals surface area contributed by atoms with Crippen LogP contribution in [0.15, 0.2) is 23.3 Å². The van der Waals surface area contributed by atoms with E-state index in [9.17, 15) is 0 Å². The van der Waals surface area contributed by atoms with Crippen molar-refractivity contribution in [3.8, 4) is 11.6 Å². The summed E-state index contributed by atoms with van der Waals surface area (Å²) in [6.07, 6.45) is 2.92. The standard InChI is InChI=1S/C8H10N2O2/c1-9-6-12-7-3-4-8(11-2)10-5-7/h3-6H,1-2H3. The van der Waals surface area contributed by atoms with Crippen LogP contribution in [-0.4, -0.2) is 25.5 Å². The average molecular weight is 166 g/mol. The molecule has 0 fully saturated rings. The van der Waals surface area contributed by atoms with Gasteiger partial charge in [-0.1, -0.05) is 0 Å². The van der Waals surface area contributed by atoms with Crippen LogP contribution in [0.4, 0.5) is 0 Å². The summed E-state index contributed by atoms with van der Waals surface area (Å²) in [5.41, 5.74) is 0. The third kappa shape index (κ3) is 2.23. The molecule has 0 saturated carbocycles. The lowest BCUT2D eigenvalue weighted by Gasteiger charge is -1.99. The Morgan fingerprint density at radius 1 is 1.50 bits per heavy atom. The molecule has 1 heterocycles. The molecule has 64 valence electrons. The summed E-state index contributed by atoms with van der Waals surface area (Å²) in [5, 5.41) is 0. The van der Waals surface area contributed by atoms with Gasteiger partial charge in [0.05, 0.1) is 13.3 Å². The van der Waals surface area contributed by atoms with Crippen LogP contribution < -0.4 is 9.47 Å². The van der Waals surface area contributed by atoms with E-state index < -0.39 is 0 Å². The van der Waals surface area contributed by atoms with Crippen molar-refractivity contribution in [1.82, 2.24) is 4.98 Å². The Morgan fingerprint density at radius 3 is 2.83 bits per heavy atom. The second kappa shape index (κ2) is 4.33. The fraction of sp³-hybridized carbons (Fsp3) is 0.250. The highest BCUT2D eigenvalue weighted by atomic mass is 16.5. The van der Waals surface area contributed by atoms with E-state index in [1.807, 2.05) is 0 Å². The maximum Gasteiger partial charge on any atom is 0.213 e. The smallest absolute Gasteiger partial charge is 0.213 e. The Morgan fingerprint density at radius 2 is 2.33 bits per heavy atom. The molecule has 0 bridgehead atoms. The summed E-state index contributed by atoms with van der Waals surface area (Å²) < 4.78 is 9.92. The lowest BCUT2D eigenvalue weighted by atomic mass is 10.4. The lowest BCUT2D eigenvalue weighted by Crippen LogP contribution is -1.91. The van der Waals surface area contributed by atoms with Gasteiger partial charge in [-0.3, -0.25) is 4.99 Å². The largest absolute Gasteiger partial charge is 0.481 e. The van der Waals surface area contributed by atoms with Crippen molar-refractivity contribution in [2.45, 2.75) is 0 Å². The molecule has 4 nitrogen and oxygen atoms in total. The Balaban J connectivity index is 2.64. The first kappa shape index (κ1) is 8.52. The van der Waals surface area contributed by atoms with Crippen LogP contribution >= 0.6 is 0 Å². The topological polar surface area (TPSA) is 43.7 Å². The first-order valence-corrected chi connectivity index (χ1v) is 3.44. The van der Waals surface area contributed by atoms with E-state index in [1.54, 1.807) is 32.5 Å². The fourth-order valence-electron chi connectivity index (χ4n) is 0.671. The first-order chi connectivity index (χ1) is 5.86. The summed E-state index contributed by atoms with van der Waals surface area (Å²) in [6.45, 7) is 0. The zero-order valence-electron chi connectivity index (χ0n) is 7.02. The van der Waals surface area contributed by atoms with Gasteiger partial charge in [-0.05, 0) is 6.07 Å². The molecule has 1 aromatic heterocycles. The first-order valence-electron chi connectivity index (χ1n) is 3.44. The minimum absolute atomic E-state index is 0.566. The second-order valence-corrected chi connectivity index (χ2v) is 2.02. The number of aliphatic imine (C=N–C) groups is 1. The molecule has 0 radical (unpaired) electrons. The molecule has 0 aliphatic carbocycles.